The van der Waals surface area contributed by atoms with E-state index in [1.807, 2.05) is 7.05 Å². The lowest BCUT2D eigenvalue weighted by molar-refractivity contribution is -0.140. The topological polar surface area (TPSA) is 52.7 Å². The normalized spacial score (nSPS) is 29.3. The van der Waals surface area contributed by atoms with Gasteiger partial charge in [0.05, 0.1) is 12.6 Å². The van der Waals surface area contributed by atoms with Crippen LogP contribution in [0, 0.1) is 5.92 Å². The van der Waals surface area contributed by atoms with Crippen LogP contribution in [0.3, 0.4) is 0 Å². The molecular formula is C14H25N3O2. The largest absolute Gasteiger partial charge is 0.344 e. The molecular weight excluding hydrogens is 242 g/mol. The zero-order chi connectivity index (χ0) is 13.8. The minimum absolute atomic E-state index is 0.0497. The van der Waals surface area contributed by atoms with Crippen molar-refractivity contribution in [2.45, 2.75) is 38.6 Å². The summed E-state index contributed by atoms with van der Waals surface area (Å²) in [7, 11) is 1.81. The van der Waals surface area contributed by atoms with Gasteiger partial charge in [-0.15, -0.1) is 0 Å². The molecule has 2 unspecified atom stereocenters. The molecule has 2 heterocycles. The number of piperidine rings is 1. The molecule has 2 aliphatic heterocycles. The predicted octanol–water partition coefficient (Wildman–Crippen LogP) is 0.455. The van der Waals surface area contributed by atoms with Crippen molar-refractivity contribution < 1.29 is 9.59 Å². The van der Waals surface area contributed by atoms with Crippen LogP contribution in [0.15, 0.2) is 0 Å². The Labute approximate surface area is 115 Å². The van der Waals surface area contributed by atoms with Gasteiger partial charge in [-0.2, -0.15) is 0 Å². The maximum absolute atomic E-state index is 12.5. The third-order valence-electron chi connectivity index (χ3n) is 4.37. The molecule has 0 aliphatic carbocycles. The van der Waals surface area contributed by atoms with Crippen LogP contribution >= 0.6 is 0 Å². The summed E-state index contributed by atoms with van der Waals surface area (Å²) in [5.41, 5.74) is 0. The van der Waals surface area contributed by atoms with Gasteiger partial charge in [-0.3, -0.25) is 9.59 Å². The van der Waals surface area contributed by atoms with E-state index in [0.717, 1.165) is 38.8 Å². The summed E-state index contributed by atoms with van der Waals surface area (Å²) < 4.78 is 0. The summed E-state index contributed by atoms with van der Waals surface area (Å²) in [4.78, 5) is 27.8. The lowest BCUT2D eigenvalue weighted by atomic mass is 9.90. The molecule has 2 atom stereocenters. The Morgan fingerprint density at radius 2 is 2.21 bits per heavy atom. The molecule has 0 aromatic carbocycles. The Morgan fingerprint density at radius 3 is 2.95 bits per heavy atom. The minimum Gasteiger partial charge on any atom is -0.344 e. The fourth-order valence-corrected chi connectivity index (χ4v) is 2.95. The Balaban J connectivity index is 1.96. The van der Waals surface area contributed by atoms with Crippen LogP contribution in [0.25, 0.3) is 0 Å². The Morgan fingerprint density at radius 1 is 1.42 bits per heavy atom. The number of carbonyl (C=O) groups excluding carboxylic acids is 2. The molecule has 2 saturated heterocycles. The van der Waals surface area contributed by atoms with Crippen molar-refractivity contribution in [3.8, 4) is 0 Å². The maximum atomic E-state index is 12.5. The first-order valence-electron chi connectivity index (χ1n) is 7.38. The molecule has 0 saturated carbocycles. The van der Waals surface area contributed by atoms with Crippen LogP contribution < -0.4 is 5.32 Å². The average molecular weight is 267 g/mol. The molecule has 0 spiro atoms. The van der Waals surface area contributed by atoms with E-state index in [2.05, 4.69) is 12.2 Å². The molecule has 19 heavy (non-hydrogen) atoms. The Hall–Kier alpha value is -1.10. The van der Waals surface area contributed by atoms with Gasteiger partial charge in [0.15, 0.2) is 0 Å². The predicted molar refractivity (Wildman–Crippen MR) is 73.6 cm³/mol. The van der Waals surface area contributed by atoms with Gasteiger partial charge in [-0.1, -0.05) is 13.3 Å². The maximum Gasteiger partial charge on any atom is 0.241 e. The van der Waals surface area contributed by atoms with Crippen LogP contribution in [0.1, 0.15) is 32.6 Å². The fraction of sp³-hybridized carbons (Fsp3) is 0.857. The summed E-state index contributed by atoms with van der Waals surface area (Å²) in [6.45, 7) is 4.78. The second-order valence-corrected chi connectivity index (χ2v) is 5.73. The summed E-state index contributed by atoms with van der Waals surface area (Å²) in [5, 5.41) is 3.31. The first-order valence-corrected chi connectivity index (χ1v) is 7.38. The van der Waals surface area contributed by atoms with Gasteiger partial charge in [0.25, 0.3) is 0 Å². The van der Waals surface area contributed by atoms with Crippen molar-refractivity contribution in [2.24, 2.45) is 5.92 Å². The van der Waals surface area contributed by atoms with Crippen LogP contribution in [-0.2, 0) is 9.59 Å². The lowest BCUT2D eigenvalue weighted by Crippen LogP contribution is -2.51. The van der Waals surface area contributed by atoms with Crippen LogP contribution in [-0.4, -0.2) is 60.9 Å². The van der Waals surface area contributed by atoms with Crippen molar-refractivity contribution in [3.63, 3.8) is 0 Å². The van der Waals surface area contributed by atoms with Crippen molar-refractivity contribution in [3.05, 3.63) is 0 Å². The van der Waals surface area contributed by atoms with E-state index in [0.29, 0.717) is 12.5 Å². The zero-order valence-corrected chi connectivity index (χ0v) is 12.0. The van der Waals surface area contributed by atoms with E-state index in [9.17, 15) is 9.59 Å². The highest BCUT2D eigenvalue weighted by Crippen LogP contribution is 2.20. The van der Waals surface area contributed by atoms with Crippen molar-refractivity contribution in [2.75, 3.05) is 33.2 Å². The van der Waals surface area contributed by atoms with Crippen molar-refractivity contribution in [1.29, 1.82) is 0 Å². The van der Waals surface area contributed by atoms with Gasteiger partial charge in [0, 0.05) is 20.1 Å². The van der Waals surface area contributed by atoms with Gasteiger partial charge < -0.3 is 15.1 Å². The zero-order valence-electron chi connectivity index (χ0n) is 12.0. The molecule has 2 amide bonds. The molecule has 2 rings (SSSR count). The highest BCUT2D eigenvalue weighted by Gasteiger charge is 2.31. The summed E-state index contributed by atoms with van der Waals surface area (Å²) >= 11 is 0. The van der Waals surface area contributed by atoms with Gasteiger partial charge in [-0.25, -0.2) is 0 Å². The quantitative estimate of drug-likeness (QED) is 0.790. The molecule has 1 N–H and O–H groups in total. The van der Waals surface area contributed by atoms with Crippen molar-refractivity contribution >= 4 is 11.8 Å². The minimum atomic E-state index is -0.0880. The molecule has 2 aliphatic rings. The average Bonchev–Trinajstić information content (AvgIpc) is 2.60. The third-order valence-corrected chi connectivity index (χ3v) is 4.37. The smallest absolute Gasteiger partial charge is 0.241 e. The third kappa shape index (κ3) is 3.47. The second-order valence-electron chi connectivity index (χ2n) is 5.73. The molecule has 0 aromatic rings. The molecule has 0 radical (unpaired) electrons. The Kier molecular flexibility index (Phi) is 4.80. The van der Waals surface area contributed by atoms with E-state index in [1.165, 1.54) is 0 Å². The van der Waals surface area contributed by atoms with Gasteiger partial charge in [-0.05, 0) is 31.7 Å². The number of rotatable bonds is 2. The molecule has 2 fully saturated rings. The van der Waals surface area contributed by atoms with E-state index in [4.69, 9.17) is 0 Å². The number of nitrogens with zero attached hydrogens (tertiary/aromatic N) is 2. The summed E-state index contributed by atoms with van der Waals surface area (Å²) in [6, 6.07) is -0.0880. The number of hydrogen-bond donors (Lipinski definition) is 1. The van der Waals surface area contributed by atoms with E-state index >= 15 is 0 Å². The van der Waals surface area contributed by atoms with Gasteiger partial charge >= 0.3 is 0 Å². The number of nitrogens with one attached hydrogen (secondary N) is 1. The van der Waals surface area contributed by atoms with E-state index in [-0.39, 0.29) is 24.4 Å². The molecule has 0 aromatic heterocycles. The second kappa shape index (κ2) is 6.37. The molecule has 108 valence electrons. The molecule has 0 bridgehead atoms. The summed E-state index contributed by atoms with van der Waals surface area (Å²) in [6.07, 6.45) is 4.07. The summed E-state index contributed by atoms with van der Waals surface area (Å²) in [5.74, 6) is 0.802. The van der Waals surface area contributed by atoms with Crippen LogP contribution in [0.2, 0.25) is 0 Å². The number of amides is 2. The molecule has 5 nitrogen and oxygen atoms in total. The first-order chi connectivity index (χ1) is 9.11. The monoisotopic (exact) mass is 267 g/mol. The SMILES string of the molecule is CCC1CCNC(C(=O)N2CCCN(C)C(=O)C2)C1. The van der Waals surface area contributed by atoms with E-state index < -0.39 is 0 Å². The van der Waals surface area contributed by atoms with Crippen LogP contribution in [0.4, 0.5) is 0 Å². The number of hydrogen-bond acceptors (Lipinski definition) is 3. The standard InChI is InChI=1S/C14H25N3O2/c1-3-11-5-6-15-12(9-11)14(19)17-8-4-7-16(2)13(18)10-17/h11-12,15H,3-10H2,1-2H3. The number of likely N-dealkylation sites (N-methyl/N-ethyl adjacent to an activating group) is 1. The molecule has 5 heteroatoms. The van der Waals surface area contributed by atoms with Crippen LogP contribution in [0.5, 0.6) is 0 Å². The van der Waals surface area contributed by atoms with Gasteiger partial charge in [0.1, 0.15) is 0 Å². The first kappa shape index (κ1) is 14.3. The Bertz CT molecular complexity index is 346. The number of carbonyl (C=O) groups is 2. The van der Waals surface area contributed by atoms with Gasteiger partial charge in [0.2, 0.25) is 11.8 Å². The highest BCUT2D eigenvalue weighted by molar-refractivity contribution is 5.87. The van der Waals surface area contributed by atoms with Crippen molar-refractivity contribution in [1.82, 2.24) is 15.1 Å². The lowest BCUT2D eigenvalue weighted by Gasteiger charge is -2.32. The van der Waals surface area contributed by atoms with E-state index in [1.54, 1.807) is 9.80 Å². The fourth-order valence-electron chi connectivity index (χ4n) is 2.95. The highest BCUT2D eigenvalue weighted by atomic mass is 16.2.